The van der Waals surface area contributed by atoms with Gasteiger partial charge in [0, 0.05) is 12.5 Å². The van der Waals surface area contributed by atoms with Crippen LogP contribution < -0.4 is 10.6 Å². The lowest BCUT2D eigenvalue weighted by atomic mass is 9.94. The zero-order valence-corrected chi connectivity index (χ0v) is 7.92. The van der Waals surface area contributed by atoms with Crippen molar-refractivity contribution < 1.29 is 5.17 Å². The number of rotatable bonds is 0. The van der Waals surface area contributed by atoms with Crippen molar-refractivity contribution in [2.45, 2.75) is 31.7 Å². The molecule has 0 radical (unpaired) electrons. The molecule has 14 heavy (non-hydrogen) atoms. The Bertz CT molecular complexity index is 356. The Balaban J connectivity index is 1.99. The summed E-state index contributed by atoms with van der Waals surface area (Å²) in [5, 5.41) is 11.6. The van der Waals surface area contributed by atoms with Gasteiger partial charge in [-0.1, -0.05) is 5.57 Å². The molecule has 0 aromatic carbocycles. The van der Waals surface area contributed by atoms with Crippen LogP contribution in [0.5, 0.6) is 0 Å². The van der Waals surface area contributed by atoms with E-state index in [2.05, 4.69) is 16.5 Å². The molecule has 1 aliphatic heterocycles. The number of quaternary nitrogens is 1. The zero-order valence-electron chi connectivity index (χ0n) is 7.92. The van der Waals surface area contributed by atoms with Crippen molar-refractivity contribution in [2.75, 3.05) is 0 Å². The first-order valence-electron chi connectivity index (χ1n) is 5.09. The molecule has 0 aromatic rings. The molecule has 3 aliphatic rings. The maximum atomic E-state index is 11.5. The summed E-state index contributed by atoms with van der Waals surface area (Å²) in [7, 11) is 0. The third-order valence-electron chi connectivity index (χ3n) is 3.22. The highest BCUT2D eigenvalue weighted by atomic mass is 16.5. The second-order valence-corrected chi connectivity index (χ2v) is 4.05. The molecular formula is C10H13N3O. The lowest BCUT2D eigenvalue weighted by Crippen LogP contribution is -3.14. The molecule has 0 spiro atoms. The number of hydrogen-bond acceptors (Lipinski definition) is 3. The van der Waals surface area contributed by atoms with E-state index in [1.807, 2.05) is 0 Å². The van der Waals surface area contributed by atoms with Crippen LogP contribution in [0.3, 0.4) is 0 Å². The highest BCUT2D eigenvalue weighted by Crippen LogP contribution is 2.35. The van der Waals surface area contributed by atoms with E-state index in [0.717, 1.165) is 18.5 Å². The Morgan fingerprint density at radius 1 is 1.50 bits per heavy atom. The summed E-state index contributed by atoms with van der Waals surface area (Å²) in [6.45, 7) is 0. The van der Waals surface area contributed by atoms with Gasteiger partial charge in [-0.2, -0.15) is 0 Å². The Labute approximate surface area is 82.6 Å². The van der Waals surface area contributed by atoms with Gasteiger partial charge >= 0.3 is 0 Å². The van der Waals surface area contributed by atoms with Crippen molar-refractivity contribution in [1.82, 2.24) is 5.43 Å². The van der Waals surface area contributed by atoms with Crippen LogP contribution in [0.4, 0.5) is 0 Å². The lowest BCUT2D eigenvalue weighted by Gasteiger charge is -2.32. The van der Waals surface area contributed by atoms with Gasteiger partial charge in [-0.15, -0.1) is 0 Å². The topological polar surface area (TPSA) is 51.9 Å². The first-order chi connectivity index (χ1) is 6.84. The van der Waals surface area contributed by atoms with E-state index in [4.69, 9.17) is 0 Å². The van der Waals surface area contributed by atoms with Gasteiger partial charge in [-0.25, -0.2) is 10.6 Å². The van der Waals surface area contributed by atoms with E-state index in [-0.39, 0.29) is 11.2 Å². The third kappa shape index (κ3) is 1.11. The van der Waals surface area contributed by atoms with Gasteiger partial charge in [0.05, 0.1) is 0 Å². The van der Waals surface area contributed by atoms with Crippen molar-refractivity contribution in [2.24, 2.45) is 4.99 Å². The monoisotopic (exact) mass is 191 g/mol. The van der Waals surface area contributed by atoms with E-state index in [9.17, 15) is 5.21 Å². The fourth-order valence-corrected chi connectivity index (χ4v) is 2.48. The van der Waals surface area contributed by atoms with Crippen LogP contribution in [-0.4, -0.2) is 12.4 Å². The molecule has 2 aliphatic carbocycles. The Morgan fingerprint density at radius 2 is 2.43 bits per heavy atom. The highest BCUT2D eigenvalue weighted by Gasteiger charge is 2.31. The first kappa shape index (κ1) is 8.20. The molecule has 4 heteroatoms. The molecule has 2 unspecified atom stereocenters. The summed E-state index contributed by atoms with van der Waals surface area (Å²) >= 11 is 0. The second-order valence-electron chi connectivity index (χ2n) is 4.05. The predicted octanol–water partition coefficient (Wildman–Crippen LogP) is 0.0523. The maximum absolute atomic E-state index is 11.5. The summed E-state index contributed by atoms with van der Waals surface area (Å²) < 4.78 is 0. The van der Waals surface area contributed by atoms with Crippen molar-refractivity contribution in [3.8, 4) is 0 Å². The van der Waals surface area contributed by atoms with Crippen molar-refractivity contribution in [3.63, 3.8) is 0 Å². The summed E-state index contributed by atoms with van der Waals surface area (Å²) in [6.07, 6.45) is 8.14. The quantitative estimate of drug-likeness (QED) is 0.532. The first-order valence-corrected chi connectivity index (χ1v) is 5.09. The number of nitrogens with one attached hydrogen (secondary N) is 2. The van der Waals surface area contributed by atoms with E-state index in [1.165, 1.54) is 30.3 Å². The molecule has 0 saturated heterocycles. The van der Waals surface area contributed by atoms with Gasteiger partial charge in [0.1, 0.15) is 12.4 Å². The molecule has 0 aromatic heterocycles. The molecule has 0 fully saturated rings. The summed E-state index contributed by atoms with van der Waals surface area (Å²) in [5.41, 5.74) is 6.41. The van der Waals surface area contributed by atoms with Gasteiger partial charge in [0.2, 0.25) is 0 Å². The normalized spacial score (nSPS) is 34.8. The third-order valence-corrected chi connectivity index (χ3v) is 3.22. The largest absolute Gasteiger partial charge is 0.603 e. The Hall–Kier alpha value is -1.13. The molecule has 2 N–H and O–H groups in total. The molecule has 4 nitrogen and oxygen atoms in total. The maximum Gasteiger partial charge on any atom is 0.157 e. The molecule has 3 rings (SSSR count). The average Bonchev–Trinajstić information content (AvgIpc) is 2.62. The van der Waals surface area contributed by atoms with Crippen LogP contribution in [-0.2, 0) is 0 Å². The van der Waals surface area contributed by atoms with Crippen LogP contribution in [0, 0.1) is 5.21 Å². The number of hydrogen-bond donors (Lipinski definition) is 2. The van der Waals surface area contributed by atoms with Gasteiger partial charge in [-0.3, -0.25) is 4.99 Å². The van der Waals surface area contributed by atoms with Crippen LogP contribution in [0.1, 0.15) is 25.7 Å². The molecule has 2 atom stereocenters. The predicted molar refractivity (Wildman–Crippen MR) is 53.3 cm³/mol. The fourth-order valence-electron chi connectivity index (χ4n) is 2.48. The van der Waals surface area contributed by atoms with Crippen LogP contribution in [0.2, 0.25) is 0 Å². The van der Waals surface area contributed by atoms with E-state index in [1.54, 1.807) is 0 Å². The van der Waals surface area contributed by atoms with Crippen LogP contribution in [0.25, 0.3) is 0 Å². The summed E-state index contributed by atoms with van der Waals surface area (Å²) in [5.74, 6) is 0. The number of allylic oxidation sites excluding steroid dienone is 2. The van der Waals surface area contributed by atoms with Crippen LogP contribution in [0.15, 0.2) is 27.9 Å². The summed E-state index contributed by atoms with van der Waals surface area (Å²) in [4.78, 5) is 4.30. The van der Waals surface area contributed by atoms with E-state index < -0.39 is 0 Å². The SMILES string of the molecule is [O-][NH+]1NC=NC2CC3=C(C=C21)CCC3. The number of nitrogens with zero attached hydrogens (tertiary/aromatic N) is 1. The molecule has 1 heterocycles. The number of aliphatic imine (C=N–C) groups is 1. The fraction of sp³-hybridized carbons (Fsp3) is 0.500. The van der Waals surface area contributed by atoms with Crippen LogP contribution >= 0.6 is 0 Å². The smallest absolute Gasteiger partial charge is 0.157 e. The van der Waals surface area contributed by atoms with Gasteiger partial charge in [0.25, 0.3) is 0 Å². The minimum atomic E-state index is 0.0310. The molecule has 0 bridgehead atoms. The highest BCUT2D eigenvalue weighted by molar-refractivity contribution is 5.55. The molecule has 74 valence electrons. The van der Waals surface area contributed by atoms with Gasteiger partial charge in [0.15, 0.2) is 5.70 Å². The average molecular weight is 191 g/mol. The van der Waals surface area contributed by atoms with Crippen molar-refractivity contribution >= 4 is 6.34 Å². The molecule has 0 amide bonds. The van der Waals surface area contributed by atoms with E-state index in [0.29, 0.717) is 0 Å². The lowest BCUT2D eigenvalue weighted by molar-refractivity contribution is -0.847. The zero-order chi connectivity index (χ0) is 9.54. The Kier molecular flexibility index (Phi) is 1.72. The number of fused-ring (bicyclic) bond motifs is 1. The van der Waals surface area contributed by atoms with Gasteiger partial charge in [-0.05, 0) is 24.8 Å². The van der Waals surface area contributed by atoms with Crippen molar-refractivity contribution in [3.05, 3.63) is 28.1 Å². The van der Waals surface area contributed by atoms with Crippen molar-refractivity contribution in [1.29, 1.82) is 0 Å². The molecule has 0 saturated carbocycles. The second kappa shape index (κ2) is 2.93. The number of hydroxylamine groups is 1. The standard InChI is InChI=1S/C10H13N3O/c14-13-10-5-8-3-1-2-7(8)4-9(10)11-6-12-13/h5-6,9,13H,1-4H2,(H,11,12). The van der Waals surface area contributed by atoms with E-state index >= 15 is 0 Å². The molecular weight excluding hydrogens is 178 g/mol. The summed E-state index contributed by atoms with van der Waals surface area (Å²) in [6, 6.07) is 0.0978. The minimum absolute atomic E-state index is 0.0310. The van der Waals surface area contributed by atoms with Gasteiger partial charge < -0.3 is 5.21 Å². The minimum Gasteiger partial charge on any atom is -0.603 e. The Morgan fingerprint density at radius 3 is 3.36 bits per heavy atom.